The molecule has 0 spiro atoms. The molecule has 0 aliphatic rings. The summed E-state index contributed by atoms with van der Waals surface area (Å²) in [6, 6.07) is 5.09. The van der Waals surface area contributed by atoms with Crippen LogP contribution in [0.3, 0.4) is 0 Å². The van der Waals surface area contributed by atoms with E-state index in [1.54, 1.807) is 0 Å². The smallest absolute Gasteiger partial charge is 0.418 e. The molecule has 0 atom stereocenters. The summed E-state index contributed by atoms with van der Waals surface area (Å²) in [7, 11) is 0. The molecule has 0 aliphatic carbocycles. The number of carbonyl (C=O) groups is 1. The monoisotopic (exact) mass is 273 g/mol. The summed E-state index contributed by atoms with van der Waals surface area (Å²) in [5.74, 6) is -1.06. The Hall–Kier alpha value is -1.98. The Bertz CT molecular complexity index is 457. The van der Waals surface area contributed by atoms with Crippen LogP contribution in [0.1, 0.15) is 12.0 Å². The third-order valence-electron chi connectivity index (χ3n) is 2.50. The van der Waals surface area contributed by atoms with E-state index < -0.39 is 17.7 Å². The van der Waals surface area contributed by atoms with Gasteiger partial charge in [0.2, 0.25) is 0 Å². The second kappa shape index (κ2) is 6.26. The molecule has 1 aromatic carbocycles. The molecule has 0 bridgehead atoms. The van der Waals surface area contributed by atoms with Crippen molar-refractivity contribution in [1.82, 2.24) is 0 Å². The maximum absolute atomic E-state index is 12.9. The van der Waals surface area contributed by atoms with Crippen LogP contribution >= 0.6 is 0 Å². The largest absolute Gasteiger partial charge is 0.481 e. The fourth-order valence-corrected chi connectivity index (χ4v) is 1.69. The van der Waals surface area contributed by atoms with Gasteiger partial charge in [0, 0.05) is 18.8 Å². The number of carboxylic acid groups (broad SMARTS) is 1. The van der Waals surface area contributed by atoms with Crippen molar-refractivity contribution in [1.29, 1.82) is 0 Å². The van der Waals surface area contributed by atoms with E-state index in [-0.39, 0.29) is 25.2 Å². The molecule has 0 aliphatic heterocycles. The van der Waals surface area contributed by atoms with E-state index in [0.29, 0.717) is 0 Å². The summed E-state index contributed by atoms with van der Waals surface area (Å²) < 4.78 is 38.6. The highest BCUT2D eigenvalue weighted by Gasteiger charge is 2.34. The minimum atomic E-state index is -4.47. The molecule has 3 nitrogen and oxygen atoms in total. The third-order valence-corrected chi connectivity index (χ3v) is 2.50. The highest BCUT2D eigenvalue weighted by atomic mass is 19.4. The topological polar surface area (TPSA) is 40.5 Å². The van der Waals surface area contributed by atoms with E-state index in [0.717, 1.165) is 6.07 Å². The van der Waals surface area contributed by atoms with Gasteiger partial charge in [-0.2, -0.15) is 13.2 Å². The third kappa shape index (κ3) is 4.31. The molecule has 1 N–H and O–H groups in total. The van der Waals surface area contributed by atoms with Gasteiger partial charge in [0.1, 0.15) is 0 Å². The van der Waals surface area contributed by atoms with Crippen molar-refractivity contribution in [3.05, 3.63) is 42.5 Å². The van der Waals surface area contributed by atoms with Crippen molar-refractivity contribution < 1.29 is 23.1 Å². The summed E-state index contributed by atoms with van der Waals surface area (Å²) >= 11 is 0. The van der Waals surface area contributed by atoms with E-state index in [4.69, 9.17) is 5.11 Å². The number of hydrogen-bond acceptors (Lipinski definition) is 2. The molecule has 0 radical (unpaired) electrons. The number of rotatable bonds is 6. The van der Waals surface area contributed by atoms with Crippen molar-refractivity contribution in [2.45, 2.75) is 12.6 Å². The molecular formula is C13H14F3NO2. The summed E-state index contributed by atoms with van der Waals surface area (Å²) in [5.41, 5.74) is -0.807. The number of benzene rings is 1. The Labute approximate surface area is 109 Å². The Morgan fingerprint density at radius 3 is 2.53 bits per heavy atom. The van der Waals surface area contributed by atoms with Crippen LogP contribution in [0.25, 0.3) is 0 Å². The molecule has 0 aromatic heterocycles. The molecule has 0 amide bonds. The fraction of sp³-hybridized carbons (Fsp3) is 0.308. The Morgan fingerprint density at radius 1 is 1.37 bits per heavy atom. The van der Waals surface area contributed by atoms with Crippen molar-refractivity contribution in [2.24, 2.45) is 0 Å². The van der Waals surface area contributed by atoms with Gasteiger partial charge in [0.25, 0.3) is 0 Å². The van der Waals surface area contributed by atoms with Crippen LogP contribution in [0.2, 0.25) is 0 Å². The van der Waals surface area contributed by atoms with Crippen molar-refractivity contribution >= 4 is 11.7 Å². The van der Waals surface area contributed by atoms with Crippen LogP contribution in [0.4, 0.5) is 18.9 Å². The number of nitrogens with zero attached hydrogens (tertiary/aromatic N) is 1. The average Bonchev–Trinajstić information content (AvgIpc) is 2.33. The predicted octanol–water partition coefficient (Wildman–Crippen LogP) is 3.17. The summed E-state index contributed by atoms with van der Waals surface area (Å²) in [5, 5.41) is 8.63. The van der Waals surface area contributed by atoms with Gasteiger partial charge >= 0.3 is 12.1 Å². The van der Waals surface area contributed by atoms with E-state index in [1.165, 1.54) is 29.2 Å². The Balaban J connectivity index is 3.08. The van der Waals surface area contributed by atoms with E-state index in [2.05, 4.69) is 6.58 Å². The number of carboxylic acids is 1. The second-order valence-electron chi connectivity index (χ2n) is 3.89. The Kier molecular flexibility index (Phi) is 4.97. The summed E-state index contributed by atoms with van der Waals surface area (Å²) in [6.45, 7) is 3.62. The average molecular weight is 273 g/mol. The van der Waals surface area contributed by atoms with Crippen LogP contribution in [0, 0.1) is 0 Å². The number of hydrogen-bond donors (Lipinski definition) is 1. The zero-order chi connectivity index (χ0) is 14.5. The van der Waals surface area contributed by atoms with Gasteiger partial charge in [0.15, 0.2) is 0 Å². The maximum atomic E-state index is 12.9. The SMILES string of the molecule is C=CCN(CCC(=O)O)c1ccccc1C(F)(F)F. The van der Waals surface area contributed by atoms with Crippen LogP contribution in [0.15, 0.2) is 36.9 Å². The Morgan fingerprint density at radius 2 is 2.00 bits per heavy atom. The van der Waals surface area contributed by atoms with Gasteiger partial charge in [-0.3, -0.25) is 4.79 Å². The van der Waals surface area contributed by atoms with Crippen molar-refractivity contribution in [3.63, 3.8) is 0 Å². The van der Waals surface area contributed by atoms with Gasteiger partial charge in [0.05, 0.1) is 12.0 Å². The molecule has 6 heteroatoms. The lowest BCUT2D eigenvalue weighted by molar-refractivity contribution is -0.137. The molecule has 0 heterocycles. The minimum absolute atomic E-state index is 0.00551. The van der Waals surface area contributed by atoms with Gasteiger partial charge in [-0.1, -0.05) is 18.2 Å². The second-order valence-corrected chi connectivity index (χ2v) is 3.89. The lowest BCUT2D eigenvalue weighted by Gasteiger charge is -2.26. The lowest BCUT2D eigenvalue weighted by atomic mass is 10.1. The first-order valence-corrected chi connectivity index (χ1v) is 5.60. The molecule has 1 rings (SSSR count). The zero-order valence-corrected chi connectivity index (χ0v) is 10.2. The zero-order valence-electron chi connectivity index (χ0n) is 10.2. The van der Waals surface area contributed by atoms with Crippen LogP contribution in [-0.4, -0.2) is 24.2 Å². The number of para-hydroxylation sites is 1. The molecule has 19 heavy (non-hydrogen) atoms. The lowest BCUT2D eigenvalue weighted by Crippen LogP contribution is -2.28. The molecule has 0 saturated carbocycles. The first kappa shape index (κ1) is 15.1. The normalized spacial score (nSPS) is 11.1. The van der Waals surface area contributed by atoms with Gasteiger partial charge in [-0.25, -0.2) is 0 Å². The van der Waals surface area contributed by atoms with E-state index in [9.17, 15) is 18.0 Å². The molecule has 0 saturated heterocycles. The quantitative estimate of drug-likeness (QED) is 0.809. The number of aliphatic carboxylic acids is 1. The van der Waals surface area contributed by atoms with E-state index >= 15 is 0 Å². The van der Waals surface area contributed by atoms with Gasteiger partial charge in [-0.15, -0.1) is 6.58 Å². The number of alkyl halides is 3. The molecule has 104 valence electrons. The predicted molar refractivity (Wildman–Crippen MR) is 66.1 cm³/mol. The molecular weight excluding hydrogens is 259 g/mol. The molecule has 1 aromatic rings. The van der Waals surface area contributed by atoms with Crippen molar-refractivity contribution in [2.75, 3.05) is 18.0 Å². The number of halogens is 3. The van der Waals surface area contributed by atoms with Crippen LogP contribution in [-0.2, 0) is 11.0 Å². The summed E-state index contributed by atoms with van der Waals surface area (Å²) in [4.78, 5) is 11.9. The van der Waals surface area contributed by atoms with Crippen LogP contribution < -0.4 is 4.90 Å². The minimum Gasteiger partial charge on any atom is -0.481 e. The van der Waals surface area contributed by atoms with E-state index in [1.807, 2.05) is 0 Å². The number of anilines is 1. The van der Waals surface area contributed by atoms with Crippen LogP contribution in [0.5, 0.6) is 0 Å². The maximum Gasteiger partial charge on any atom is 0.418 e. The van der Waals surface area contributed by atoms with Crippen molar-refractivity contribution in [3.8, 4) is 0 Å². The molecule has 0 unspecified atom stereocenters. The van der Waals surface area contributed by atoms with Gasteiger partial charge in [-0.05, 0) is 12.1 Å². The first-order chi connectivity index (χ1) is 8.86. The highest BCUT2D eigenvalue weighted by molar-refractivity contribution is 5.68. The highest BCUT2D eigenvalue weighted by Crippen LogP contribution is 2.36. The summed E-state index contributed by atoms with van der Waals surface area (Å²) in [6.07, 6.45) is -3.27. The fourth-order valence-electron chi connectivity index (χ4n) is 1.69. The molecule has 0 fully saturated rings. The standard InChI is InChI=1S/C13H14F3NO2/c1-2-8-17(9-7-12(18)19)11-6-4-3-5-10(11)13(14,15)16/h2-6H,1,7-9H2,(H,18,19). The van der Waals surface area contributed by atoms with Gasteiger partial charge < -0.3 is 10.0 Å². The first-order valence-electron chi connectivity index (χ1n) is 5.60.